The standard InChI is InChI=1S/C16H23N3O3/c20-16(14-3-1-9-21-14)19-8-10-22-15-12(4-5-13(15)19)11-18-7-2-6-17-18/h2,6-7,12-15H,1,3-5,8-11H2/t12?,13-,14+,15-/m1/s1. The molecule has 0 radical (unpaired) electrons. The van der Waals surface area contributed by atoms with E-state index in [9.17, 15) is 4.79 Å². The topological polar surface area (TPSA) is 56.6 Å². The lowest BCUT2D eigenvalue weighted by Gasteiger charge is -2.40. The molecule has 22 heavy (non-hydrogen) atoms. The molecule has 6 nitrogen and oxygen atoms in total. The first-order valence-corrected chi connectivity index (χ1v) is 8.34. The van der Waals surface area contributed by atoms with Gasteiger partial charge in [-0.2, -0.15) is 5.10 Å². The van der Waals surface area contributed by atoms with Crippen molar-refractivity contribution in [1.29, 1.82) is 0 Å². The van der Waals surface area contributed by atoms with Gasteiger partial charge in [-0.05, 0) is 31.7 Å². The molecule has 6 heteroatoms. The predicted octanol–water partition coefficient (Wildman–Crippen LogP) is 1.07. The number of ether oxygens (including phenoxy) is 2. The number of morpholine rings is 1. The minimum atomic E-state index is -0.219. The number of hydrogen-bond donors (Lipinski definition) is 0. The Hall–Kier alpha value is -1.40. The van der Waals surface area contributed by atoms with E-state index in [1.165, 1.54) is 0 Å². The van der Waals surface area contributed by atoms with E-state index in [0.29, 0.717) is 19.1 Å². The number of fused-ring (bicyclic) bond motifs is 1. The van der Waals surface area contributed by atoms with Crippen LogP contribution >= 0.6 is 0 Å². The smallest absolute Gasteiger partial charge is 0.252 e. The van der Waals surface area contributed by atoms with E-state index in [2.05, 4.69) is 5.10 Å². The number of carbonyl (C=O) groups excluding carboxylic acids is 1. The Morgan fingerprint density at radius 1 is 1.23 bits per heavy atom. The number of rotatable bonds is 3. The van der Waals surface area contributed by atoms with Crippen molar-refractivity contribution in [2.75, 3.05) is 19.8 Å². The van der Waals surface area contributed by atoms with E-state index >= 15 is 0 Å². The van der Waals surface area contributed by atoms with Crippen molar-refractivity contribution in [2.24, 2.45) is 5.92 Å². The minimum absolute atomic E-state index is 0.142. The largest absolute Gasteiger partial charge is 0.374 e. The average Bonchev–Trinajstić information content (AvgIpc) is 3.29. The number of nitrogens with zero attached hydrogens (tertiary/aromatic N) is 3. The van der Waals surface area contributed by atoms with Crippen LogP contribution in [0.25, 0.3) is 0 Å². The lowest BCUT2D eigenvalue weighted by molar-refractivity contribution is -0.155. The molecule has 2 saturated heterocycles. The molecule has 4 rings (SSSR count). The van der Waals surface area contributed by atoms with Crippen molar-refractivity contribution in [3.05, 3.63) is 18.5 Å². The second kappa shape index (κ2) is 6.01. The molecule has 3 fully saturated rings. The first-order valence-electron chi connectivity index (χ1n) is 8.34. The summed E-state index contributed by atoms with van der Waals surface area (Å²) in [6.45, 7) is 2.93. The van der Waals surface area contributed by atoms with Crippen molar-refractivity contribution in [3.8, 4) is 0 Å². The summed E-state index contributed by atoms with van der Waals surface area (Å²) in [6.07, 6.45) is 7.69. The van der Waals surface area contributed by atoms with Gasteiger partial charge in [-0.3, -0.25) is 9.48 Å². The summed E-state index contributed by atoms with van der Waals surface area (Å²) in [6, 6.07) is 2.16. The molecule has 0 aromatic carbocycles. The first kappa shape index (κ1) is 14.2. The Balaban J connectivity index is 1.45. The van der Waals surface area contributed by atoms with E-state index in [1.54, 1.807) is 6.20 Å². The molecule has 3 heterocycles. The summed E-state index contributed by atoms with van der Waals surface area (Å²) >= 11 is 0. The molecular weight excluding hydrogens is 282 g/mol. The van der Waals surface area contributed by atoms with Crippen LogP contribution in [0.2, 0.25) is 0 Å². The Morgan fingerprint density at radius 2 is 2.18 bits per heavy atom. The van der Waals surface area contributed by atoms with Crippen molar-refractivity contribution in [2.45, 2.75) is 50.5 Å². The highest BCUT2D eigenvalue weighted by molar-refractivity contribution is 5.81. The fraction of sp³-hybridized carbons (Fsp3) is 0.750. The monoisotopic (exact) mass is 305 g/mol. The maximum atomic E-state index is 12.7. The van der Waals surface area contributed by atoms with Crippen molar-refractivity contribution >= 4 is 5.91 Å². The van der Waals surface area contributed by atoms with Gasteiger partial charge in [-0.25, -0.2) is 0 Å². The average molecular weight is 305 g/mol. The molecule has 0 N–H and O–H groups in total. The van der Waals surface area contributed by atoms with E-state index in [0.717, 1.165) is 38.8 Å². The zero-order valence-corrected chi connectivity index (χ0v) is 12.8. The number of hydrogen-bond acceptors (Lipinski definition) is 4. The third kappa shape index (κ3) is 2.54. The highest BCUT2D eigenvalue weighted by Crippen LogP contribution is 2.36. The number of carbonyl (C=O) groups is 1. The summed E-state index contributed by atoms with van der Waals surface area (Å²) < 4.78 is 13.6. The second-order valence-electron chi connectivity index (χ2n) is 6.50. The van der Waals surface area contributed by atoms with Gasteiger partial charge in [-0.15, -0.1) is 0 Å². The van der Waals surface area contributed by atoms with Gasteiger partial charge in [0.25, 0.3) is 5.91 Å². The van der Waals surface area contributed by atoms with Gasteiger partial charge in [0.05, 0.1) is 18.8 Å². The highest BCUT2D eigenvalue weighted by atomic mass is 16.5. The van der Waals surface area contributed by atoms with E-state index in [-0.39, 0.29) is 24.2 Å². The molecular formula is C16H23N3O3. The molecule has 3 aliphatic rings. The number of aromatic nitrogens is 2. The summed E-state index contributed by atoms with van der Waals surface area (Å²) in [4.78, 5) is 14.7. The van der Waals surface area contributed by atoms with Gasteiger partial charge >= 0.3 is 0 Å². The molecule has 1 amide bonds. The Morgan fingerprint density at radius 3 is 2.95 bits per heavy atom. The maximum Gasteiger partial charge on any atom is 0.252 e. The first-order chi connectivity index (χ1) is 10.8. The van der Waals surface area contributed by atoms with Crippen LogP contribution in [0.5, 0.6) is 0 Å². The van der Waals surface area contributed by atoms with Gasteiger partial charge in [-0.1, -0.05) is 0 Å². The van der Waals surface area contributed by atoms with Crippen LogP contribution < -0.4 is 0 Å². The van der Waals surface area contributed by atoms with Gasteiger partial charge in [0, 0.05) is 38.0 Å². The Labute approximate surface area is 130 Å². The Kier molecular flexibility index (Phi) is 3.88. The van der Waals surface area contributed by atoms with Crippen molar-refractivity contribution in [1.82, 2.24) is 14.7 Å². The van der Waals surface area contributed by atoms with Gasteiger partial charge < -0.3 is 14.4 Å². The molecule has 2 aliphatic heterocycles. The summed E-state index contributed by atoms with van der Waals surface area (Å²) in [7, 11) is 0. The predicted molar refractivity (Wildman–Crippen MR) is 79.2 cm³/mol. The van der Waals surface area contributed by atoms with Gasteiger partial charge in [0.15, 0.2) is 0 Å². The van der Waals surface area contributed by atoms with Gasteiger partial charge in [0.2, 0.25) is 0 Å². The van der Waals surface area contributed by atoms with E-state index < -0.39 is 0 Å². The number of amides is 1. The van der Waals surface area contributed by atoms with Crippen LogP contribution in [-0.2, 0) is 20.8 Å². The zero-order chi connectivity index (χ0) is 14.9. The SMILES string of the molecule is O=C([C@@H]1CCCO1)N1CCO[C@@H]2C(Cn3cccn3)CC[C@H]21. The van der Waals surface area contributed by atoms with Crippen LogP contribution in [0.15, 0.2) is 18.5 Å². The second-order valence-corrected chi connectivity index (χ2v) is 6.50. The molecule has 4 atom stereocenters. The van der Waals surface area contributed by atoms with Crippen LogP contribution in [0, 0.1) is 5.92 Å². The fourth-order valence-corrected chi connectivity index (χ4v) is 4.14. The highest BCUT2D eigenvalue weighted by Gasteiger charge is 2.45. The molecule has 1 saturated carbocycles. The summed E-state index contributed by atoms with van der Waals surface area (Å²) in [5.41, 5.74) is 0. The van der Waals surface area contributed by atoms with Crippen molar-refractivity contribution in [3.63, 3.8) is 0 Å². The molecule has 1 aliphatic carbocycles. The van der Waals surface area contributed by atoms with Crippen LogP contribution in [0.1, 0.15) is 25.7 Å². The van der Waals surface area contributed by atoms with Gasteiger partial charge in [0.1, 0.15) is 6.10 Å². The summed E-state index contributed by atoms with van der Waals surface area (Å²) in [5, 5.41) is 4.30. The van der Waals surface area contributed by atoms with Crippen LogP contribution in [0.4, 0.5) is 0 Å². The fourth-order valence-electron chi connectivity index (χ4n) is 4.14. The molecule has 0 bridgehead atoms. The molecule has 120 valence electrons. The van der Waals surface area contributed by atoms with Crippen LogP contribution in [-0.4, -0.2) is 58.6 Å². The Bertz CT molecular complexity index is 513. The van der Waals surface area contributed by atoms with Crippen LogP contribution in [0.3, 0.4) is 0 Å². The lowest BCUT2D eigenvalue weighted by Crippen LogP contribution is -2.55. The van der Waals surface area contributed by atoms with Crippen molar-refractivity contribution < 1.29 is 14.3 Å². The zero-order valence-electron chi connectivity index (χ0n) is 12.8. The molecule has 0 spiro atoms. The summed E-state index contributed by atoms with van der Waals surface area (Å²) in [5.74, 6) is 0.612. The maximum absolute atomic E-state index is 12.7. The quantitative estimate of drug-likeness (QED) is 0.838. The third-order valence-corrected chi connectivity index (χ3v) is 5.19. The minimum Gasteiger partial charge on any atom is -0.374 e. The molecule has 1 unspecified atom stereocenters. The molecule has 1 aromatic heterocycles. The third-order valence-electron chi connectivity index (χ3n) is 5.19. The normalized spacial score (nSPS) is 34.8. The lowest BCUT2D eigenvalue weighted by atomic mass is 10.0. The molecule has 1 aromatic rings. The van der Waals surface area contributed by atoms with E-state index in [4.69, 9.17) is 9.47 Å². The van der Waals surface area contributed by atoms with E-state index in [1.807, 2.05) is 21.8 Å².